The maximum atomic E-state index is 5.88. The van der Waals surface area contributed by atoms with Crippen LogP contribution < -0.4 is 5.73 Å². The summed E-state index contributed by atoms with van der Waals surface area (Å²) in [5.41, 5.74) is 7.35. The first-order valence-corrected chi connectivity index (χ1v) is 5.10. The van der Waals surface area contributed by atoms with Gasteiger partial charge in [0.15, 0.2) is 5.95 Å². The van der Waals surface area contributed by atoms with E-state index in [0.29, 0.717) is 11.0 Å². The zero-order valence-electron chi connectivity index (χ0n) is 7.09. The third kappa shape index (κ3) is 1.76. The zero-order valence-corrected chi connectivity index (χ0v) is 9.43. The summed E-state index contributed by atoms with van der Waals surface area (Å²) in [6.07, 6.45) is 1.69. The highest BCUT2D eigenvalue weighted by molar-refractivity contribution is 9.10. The number of aromatic nitrogens is 2. The molecular weight excluding hydrogens is 265 g/mol. The van der Waals surface area contributed by atoms with Crippen LogP contribution in [0.4, 0.5) is 5.95 Å². The van der Waals surface area contributed by atoms with Crippen LogP contribution in [-0.2, 0) is 0 Å². The van der Waals surface area contributed by atoms with Crippen LogP contribution >= 0.6 is 27.5 Å². The summed E-state index contributed by atoms with van der Waals surface area (Å²) in [5.74, 6) is 0.408. The molecule has 2 aromatic rings. The van der Waals surface area contributed by atoms with Crippen molar-refractivity contribution in [2.45, 2.75) is 0 Å². The van der Waals surface area contributed by atoms with Crippen LogP contribution in [0.1, 0.15) is 0 Å². The number of nitrogens with zero attached hydrogens (tertiary/aromatic N) is 1. The number of hydrogen-bond donors (Lipinski definition) is 2. The molecule has 1 aromatic carbocycles. The van der Waals surface area contributed by atoms with Crippen molar-refractivity contribution in [2.24, 2.45) is 0 Å². The van der Waals surface area contributed by atoms with Crippen molar-refractivity contribution in [3.8, 4) is 11.3 Å². The van der Waals surface area contributed by atoms with Gasteiger partial charge in [-0.1, -0.05) is 17.7 Å². The maximum Gasteiger partial charge on any atom is 0.197 e. The molecule has 1 aromatic heterocycles. The Morgan fingerprint density at radius 3 is 2.79 bits per heavy atom. The van der Waals surface area contributed by atoms with E-state index in [2.05, 4.69) is 25.9 Å². The molecule has 0 spiro atoms. The van der Waals surface area contributed by atoms with Gasteiger partial charge in [-0.25, -0.2) is 4.98 Å². The predicted molar refractivity (Wildman–Crippen MR) is 61.1 cm³/mol. The fraction of sp³-hybridized carbons (Fsp3) is 0. The molecule has 72 valence electrons. The van der Waals surface area contributed by atoms with Crippen molar-refractivity contribution in [3.05, 3.63) is 33.9 Å². The first-order chi connectivity index (χ1) is 6.66. The number of rotatable bonds is 1. The summed E-state index contributed by atoms with van der Waals surface area (Å²) in [7, 11) is 0. The molecule has 0 aliphatic carbocycles. The Bertz CT molecular complexity index is 467. The average Bonchev–Trinajstić information content (AvgIpc) is 2.57. The lowest BCUT2D eigenvalue weighted by atomic mass is 10.2. The standard InChI is InChI=1S/C9H7BrClN3/c10-6-3-5(1-2-7(6)11)8-4-13-9(12)14-8/h1-4H,(H3,12,13,14). The van der Waals surface area contributed by atoms with Crippen LogP contribution in [-0.4, -0.2) is 9.97 Å². The lowest BCUT2D eigenvalue weighted by Crippen LogP contribution is -1.85. The Kier molecular flexibility index (Phi) is 2.48. The monoisotopic (exact) mass is 271 g/mol. The quantitative estimate of drug-likeness (QED) is 0.838. The molecule has 14 heavy (non-hydrogen) atoms. The SMILES string of the molecule is Nc1ncc(-c2ccc(Cl)c(Br)c2)[nH]1. The number of nitrogens with two attached hydrogens (primary N) is 1. The molecule has 0 saturated carbocycles. The molecule has 2 rings (SSSR count). The summed E-state index contributed by atoms with van der Waals surface area (Å²) in [4.78, 5) is 6.86. The van der Waals surface area contributed by atoms with Crippen LogP contribution in [0.25, 0.3) is 11.3 Å². The number of hydrogen-bond acceptors (Lipinski definition) is 2. The molecule has 0 saturated heterocycles. The van der Waals surface area contributed by atoms with Gasteiger partial charge in [0.1, 0.15) is 0 Å². The van der Waals surface area contributed by atoms with E-state index in [-0.39, 0.29) is 0 Å². The van der Waals surface area contributed by atoms with Crippen molar-refractivity contribution in [2.75, 3.05) is 5.73 Å². The number of halogens is 2. The Morgan fingerprint density at radius 2 is 2.21 bits per heavy atom. The minimum Gasteiger partial charge on any atom is -0.369 e. The summed E-state index contributed by atoms with van der Waals surface area (Å²) in [6.45, 7) is 0. The molecule has 0 fully saturated rings. The minimum atomic E-state index is 0.408. The topological polar surface area (TPSA) is 54.7 Å². The highest BCUT2D eigenvalue weighted by atomic mass is 79.9. The van der Waals surface area contributed by atoms with Crippen molar-refractivity contribution in [1.82, 2.24) is 9.97 Å². The maximum absolute atomic E-state index is 5.88. The van der Waals surface area contributed by atoms with Crippen LogP contribution in [0.5, 0.6) is 0 Å². The largest absolute Gasteiger partial charge is 0.369 e. The van der Waals surface area contributed by atoms with Crippen LogP contribution in [0.15, 0.2) is 28.9 Å². The van der Waals surface area contributed by atoms with Crippen LogP contribution in [0.2, 0.25) is 5.02 Å². The Balaban J connectivity index is 2.47. The molecule has 0 atom stereocenters. The normalized spacial score (nSPS) is 10.4. The van der Waals surface area contributed by atoms with Crippen LogP contribution in [0, 0.1) is 0 Å². The van der Waals surface area contributed by atoms with E-state index in [1.54, 1.807) is 6.20 Å². The van der Waals surface area contributed by atoms with E-state index in [4.69, 9.17) is 17.3 Å². The van der Waals surface area contributed by atoms with Gasteiger partial charge in [-0.05, 0) is 28.1 Å². The number of nitrogens with one attached hydrogen (secondary N) is 1. The second-order valence-corrected chi connectivity index (χ2v) is 4.07. The van der Waals surface area contributed by atoms with Gasteiger partial charge >= 0.3 is 0 Å². The molecule has 0 radical (unpaired) electrons. The van der Waals surface area contributed by atoms with Gasteiger partial charge in [-0.15, -0.1) is 0 Å². The lowest BCUT2D eigenvalue weighted by Gasteiger charge is -1.99. The van der Waals surface area contributed by atoms with E-state index in [1.807, 2.05) is 18.2 Å². The summed E-state index contributed by atoms with van der Waals surface area (Å²) in [6, 6.07) is 5.63. The van der Waals surface area contributed by atoms with Gasteiger partial charge in [-0.3, -0.25) is 0 Å². The predicted octanol–water partition coefficient (Wildman–Crippen LogP) is 3.07. The number of benzene rings is 1. The fourth-order valence-electron chi connectivity index (χ4n) is 1.15. The number of anilines is 1. The van der Waals surface area contributed by atoms with Gasteiger partial charge in [0.25, 0.3) is 0 Å². The zero-order chi connectivity index (χ0) is 10.1. The van der Waals surface area contributed by atoms with Gasteiger partial charge < -0.3 is 10.7 Å². The molecule has 0 aliphatic rings. The van der Waals surface area contributed by atoms with Gasteiger partial charge in [0.05, 0.1) is 16.9 Å². The molecule has 5 heteroatoms. The number of nitrogen functional groups attached to an aromatic ring is 1. The molecule has 0 amide bonds. The molecule has 0 unspecified atom stereocenters. The average molecular weight is 273 g/mol. The molecule has 1 heterocycles. The van der Waals surface area contributed by atoms with Crippen molar-refractivity contribution in [3.63, 3.8) is 0 Å². The molecule has 3 N–H and O–H groups in total. The summed E-state index contributed by atoms with van der Waals surface area (Å²) >= 11 is 9.23. The molecule has 0 aliphatic heterocycles. The summed E-state index contributed by atoms with van der Waals surface area (Å²) in [5, 5.41) is 0.682. The lowest BCUT2D eigenvalue weighted by molar-refractivity contribution is 1.33. The first kappa shape index (κ1) is 9.55. The Hall–Kier alpha value is -1.00. The minimum absolute atomic E-state index is 0.408. The van der Waals surface area contributed by atoms with E-state index >= 15 is 0 Å². The van der Waals surface area contributed by atoms with Crippen molar-refractivity contribution >= 4 is 33.5 Å². The smallest absolute Gasteiger partial charge is 0.197 e. The van der Waals surface area contributed by atoms with Crippen molar-refractivity contribution in [1.29, 1.82) is 0 Å². The molecule has 0 bridgehead atoms. The third-order valence-electron chi connectivity index (χ3n) is 1.83. The Labute approximate surface area is 94.4 Å². The van der Waals surface area contributed by atoms with Gasteiger partial charge in [0, 0.05) is 10.0 Å². The third-order valence-corrected chi connectivity index (χ3v) is 3.04. The van der Waals surface area contributed by atoms with E-state index in [9.17, 15) is 0 Å². The van der Waals surface area contributed by atoms with E-state index in [1.165, 1.54) is 0 Å². The number of imidazole rings is 1. The van der Waals surface area contributed by atoms with Crippen LogP contribution in [0.3, 0.4) is 0 Å². The highest BCUT2D eigenvalue weighted by Gasteiger charge is 2.03. The number of H-pyrrole nitrogens is 1. The van der Waals surface area contributed by atoms with Gasteiger partial charge in [-0.2, -0.15) is 0 Å². The second kappa shape index (κ2) is 3.63. The van der Waals surface area contributed by atoms with E-state index < -0.39 is 0 Å². The highest BCUT2D eigenvalue weighted by Crippen LogP contribution is 2.27. The second-order valence-electron chi connectivity index (χ2n) is 2.81. The van der Waals surface area contributed by atoms with Crippen molar-refractivity contribution < 1.29 is 0 Å². The van der Waals surface area contributed by atoms with Gasteiger partial charge in [0.2, 0.25) is 0 Å². The molecule has 3 nitrogen and oxygen atoms in total. The molecular formula is C9H7BrClN3. The number of aromatic amines is 1. The fourth-order valence-corrected chi connectivity index (χ4v) is 1.64. The summed E-state index contributed by atoms with van der Waals surface area (Å²) < 4.78 is 0.852. The Morgan fingerprint density at radius 1 is 1.43 bits per heavy atom. The van der Waals surface area contributed by atoms with E-state index in [0.717, 1.165) is 15.7 Å². The first-order valence-electron chi connectivity index (χ1n) is 3.93.